The Bertz CT molecular complexity index is 527. The molecule has 92 valence electrons. The average molecular weight is 244 g/mol. The molecule has 7 nitrogen and oxygen atoms in total. The van der Waals surface area contributed by atoms with E-state index in [9.17, 15) is 4.79 Å². The smallest absolute Gasteiger partial charge is 0.278 e. The summed E-state index contributed by atoms with van der Waals surface area (Å²) in [5.41, 5.74) is 3.33. The SMILES string of the molecule is CN(C(=O)c1ccc(NN)nn1)c1ccncc1. The van der Waals surface area contributed by atoms with Gasteiger partial charge in [-0.2, -0.15) is 0 Å². The third kappa shape index (κ3) is 2.41. The Hall–Kier alpha value is -2.54. The minimum atomic E-state index is -0.253. The van der Waals surface area contributed by atoms with Gasteiger partial charge in [-0.15, -0.1) is 10.2 Å². The molecule has 0 aliphatic rings. The third-order valence-corrected chi connectivity index (χ3v) is 2.39. The number of rotatable bonds is 3. The fraction of sp³-hybridized carbons (Fsp3) is 0.0909. The highest BCUT2D eigenvalue weighted by Crippen LogP contribution is 2.13. The lowest BCUT2D eigenvalue weighted by Gasteiger charge is -2.16. The number of hydrogen-bond acceptors (Lipinski definition) is 6. The molecule has 2 aromatic rings. The van der Waals surface area contributed by atoms with Crippen LogP contribution in [0.4, 0.5) is 11.5 Å². The summed E-state index contributed by atoms with van der Waals surface area (Å²) in [6.45, 7) is 0. The second-order valence-electron chi connectivity index (χ2n) is 3.52. The van der Waals surface area contributed by atoms with Crippen LogP contribution in [0.5, 0.6) is 0 Å². The number of anilines is 2. The molecule has 0 radical (unpaired) electrons. The molecule has 1 amide bonds. The molecule has 0 saturated heterocycles. The van der Waals surface area contributed by atoms with Crippen molar-refractivity contribution in [1.29, 1.82) is 0 Å². The van der Waals surface area contributed by atoms with Crippen molar-refractivity contribution < 1.29 is 4.79 Å². The first-order valence-corrected chi connectivity index (χ1v) is 5.21. The van der Waals surface area contributed by atoms with Gasteiger partial charge >= 0.3 is 0 Å². The summed E-state index contributed by atoms with van der Waals surface area (Å²) in [4.78, 5) is 17.5. The molecular formula is C11H12N6O. The van der Waals surface area contributed by atoms with Gasteiger partial charge in [-0.05, 0) is 24.3 Å². The summed E-state index contributed by atoms with van der Waals surface area (Å²) < 4.78 is 0. The van der Waals surface area contributed by atoms with Crippen LogP contribution < -0.4 is 16.2 Å². The van der Waals surface area contributed by atoms with Gasteiger partial charge in [0.05, 0.1) is 0 Å². The molecule has 0 aliphatic heterocycles. The van der Waals surface area contributed by atoms with E-state index >= 15 is 0 Å². The van der Waals surface area contributed by atoms with Gasteiger partial charge in [-0.25, -0.2) is 5.84 Å². The highest BCUT2D eigenvalue weighted by molar-refractivity contribution is 6.04. The Morgan fingerprint density at radius 1 is 1.22 bits per heavy atom. The molecule has 0 unspecified atom stereocenters. The van der Waals surface area contributed by atoms with Gasteiger partial charge in [0.25, 0.3) is 5.91 Å². The number of amides is 1. The number of pyridine rings is 1. The maximum absolute atomic E-state index is 12.1. The van der Waals surface area contributed by atoms with Crippen molar-refractivity contribution in [2.75, 3.05) is 17.4 Å². The molecule has 0 atom stereocenters. The largest absolute Gasteiger partial charge is 0.310 e. The molecule has 7 heteroatoms. The third-order valence-electron chi connectivity index (χ3n) is 2.39. The Morgan fingerprint density at radius 3 is 2.50 bits per heavy atom. The van der Waals surface area contributed by atoms with Crippen LogP contribution in [0.3, 0.4) is 0 Å². The van der Waals surface area contributed by atoms with Crippen LogP contribution in [0, 0.1) is 0 Å². The molecule has 2 rings (SSSR count). The summed E-state index contributed by atoms with van der Waals surface area (Å²) in [6, 6.07) is 6.62. The van der Waals surface area contributed by atoms with Crippen LogP contribution >= 0.6 is 0 Å². The molecular weight excluding hydrogens is 232 g/mol. The van der Waals surface area contributed by atoms with Crippen molar-refractivity contribution in [2.24, 2.45) is 5.84 Å². The number of hydrogen-bond donors (Lipinski definition) is 2. The van der Waals surface area contributed by atoms with Gasteiger partial charge in [0.2, 0.25) is 0 Å². The lowest BCUT2D eigenvalue weighted by atomic mass is 10.3. The molecule has 0 aliphatic carbocycles. The first kappa shape index (κ1) is 11.9. The highest BCUT2D eigenvalue weighted by Gasteiger charge is 2.15. The van der Waals surface area contributed by atoms with Crippen molar-refractivity contribution in [3.63, 3.8) is 0 Å². The van der Waals surface area contributed by atoms with Crippen LogP contribution in [0.1, 0.15) is 10.5 Å². The zero-order chi connectivity index (χ0) is 13.0. The van der Waals surface area contributed by atoms with E-state index in [0.29, 0.717) is 5.82 Å². The van der Waals surface area contributed by atoms with E-state index in [0.717, 1.165) is 5.69 Å². The van der Waals surface area contributed by atoms with Crippen molar-refractivity contribution in [3.8, 4) is 0 Å². The predicted molar refractivity (Wildman–Crippen MR) is 66.8 cm³/mol. The van der Waals surface area contributed by atoms with E-state index in [-0.39, 0.29) is 11.6 Å². The Morgan fingerprint density at radius 2 is 1.94 bits per heavy atom. The van der Waals surface area contributed by atoms with E-state index in [1.807, 2.05) is 0 Å². The lowest BCUT2D eigenvalue weighted by molar-refractivity contribution is 0.0987. The number of carbonyl (C=O) groups is 1. The topological polar surface area (TPSA) is 97.0 Å². The fourth-order valence-corrected chi connectivity index (χ4v) is 1.38. The normalized spacial score (nSPS) is 9.89. The van der Waals surface area contributed by atoms with Crippen molar-refractivity contribution >= 4 is 17.4 Å². The molecule has 0 fully saturated rings. The molecule has 18 heavy (non-hydrogen) atoms. The molecule has 2 aromatic heterocycles. The van der Waals surface area contributed by atoms with Gasteiger partial charge < -0.3 is 10.3 Å². The van der Waals surface area contributed by atoms with Gasteiger partial charge in [-0.3, -0.25) is 9.78 Å². The number of nitrogens with one attached hydrogen (secondary N) is 1. The van der Waals surface area contributed by atoms with Crippen LogP contribution in [0.2, 0.25) is 0 Å². The Kier molecular flexibility index (Phi) is 3.44. The van der Waals surface area contributed by atoms with Gasteiger partial charge in [0.1, 0.15) is 0 Å². The maximum Gasteiger partial charge on any atom is 0.278 e. The summed E-state index contributed by atoms with van der Waals surface area (Å²) in [7, 11) is 1.66. The Balaban J connectivity index is 2.20. The van der Waals surface area contributed by atoms with E-state index in [2.05, 4.69) is 20.6 Å². The lowest BCUT2D eigenvalue weighted by Crippen LogP contribution is -2.27. The second kappa shape index (κ2) is 5.19. The van der Waals surface area contributed by atoms with Gasteiger partial charge in [0, 0.05) is 25.1 Å². The van der Waals surface area contributed by atoms with Crippen LogP contribution in [0.15, 0.2) is 36.7 Å². The van der Waals surface area contributed by atoms with Crippen molar-refractivity contribution in [2.45, 2.75) is 0 Å². The first-order chi connectivity index (χ1) is 8.72. The second-order valence-corrected chi connectivity index (χ2v) is 3.52. The molecule has 0 saturated carbocycles. The fourth-order valence-electron chi connectivity index (χ4n) is 1.38. The predicted octanol–water partition coefficient (Wildman–Crippen LogP) is 0.434. The average Bonchev–Trinajstić information content (AvgIpc) is 2.47. The summed E-state index contributed by atoms with van der Waals surface area (Å²) >= 11 is 0. The highest BCUT2D eigenvalue weighted by atomic mass is 16.2. The molecule has 0 bridgehead atoms. The number of nitrogens with two attached hydrogens (primary N) is 1. The zero-order valence-electron chi connectivity index (χ0n) is 9.74. The van der Waals surface area contributed by atoms with Gasteiger partial charge in [-0.1, -0.05) is 0 Å². The van der Waals surface area contributed by atoms with Crippen molar-refractivity contribution in [3.05, 3.63) is 42.4 Å². The molecule has 2 heterocycles. The number of aromatic nitrogens is 3. The maximum atomic E-state index is 12.1. The van der Waals surface area contributed by atoms with E-state index in [4.69, 9.17) is 5.84 Å². The monoisotopic (exact) mass is 244 g/mol. The number of nitrogen functional groups attached to an aromatic ring is 1. The quantitative estimate of drug-likeness (QED) is 0.600. The summed E-state index contributed by atoms with van der Waals surface area (Å²) in [5, 5.41) is 7.55. The van der Waals surface area contributed by atoms with E-state index in [1.165, 1.54) is 4.90 Å². The number of carbonyl (C=O) groups excluding carboxylic acids is 1. The summed E-state index contributed by atoms with van der Waals surface area (Å²) in [6.07, 6.45) is 3.23. The van der Waals surface area contributed by atoms with E-state index < -0.39 is 0 Å². The van der Waals surface area contributed by atoms with Crippen molar-refractivity contribution in [1.82, 2.24) is 15.2 Å². The Labute approximate surface area is 104 Å². The molecule has 0 spiro atoms. The van der Waals surface area contributed by atoms with Crippen LogP contribution in [0.25, 0.3) is 0 Å². The van der Waals surface area contributed by atoms with E-state index in [1.54, 1.807) is 43.7 Å². The minimum Gasteiger partial charge on any atom is -0.310 e. The minimum absolute atomic E-state index is 0.244. The van der Waals surface area contributed by atoms with Gasteiger partial charge in [0.15, 0.2) is 11.5 Å². The number of hydrazine groups is 1. The molecule has 3 N–H and O–H groups in total. The van der Waals surface area contributed by atoms with Crippen LogP contribution in [-0.4, -0.2) is 28.1 Å². The first-order valence-electron chi connectivity index (χ1n) is 5.21. The number of nitrogens with zero attached hydrogens (tertiary/aromatic N) is 4. The summed E-state index contributed by atoms with van der Waals surface area (Å²) in [5.74, 6) is 5.32. The molecule has 0 aromatic carbocycles. The zero-order valence-corrected chi connectivity index (χ0v) is 9.74. The van der Waals surface area contributed by atoms with Crippen LogP contribution in [-0.2, 0) is 0 Å². The standard InChI is InChI=1S/C11H12N6O/c1-17(8-4-6-13-7-5-8)11(18)9-2-3-10(14-12)16-15-9/h2-7H,12H2,1H3,(H,14,16).